The number of aromatic nitrogens is 2. The molecule has 4 nitrogen and oxygen atoms in total. The third-order valence-electron chi connectivity index (χ3n) is 4.68. The van der Waals surface area contributed by atoms with E-state index in [-0.39, 0.29) is 0 Å². The van der Waals surface area contributed by atoms with Crippen molar-refractivity contribution in [3.63, 3.8) is 0 Å². The van der Waals surface area contributed by atoms with Gasteiger partial charge < -0.3 is 9.88 Å². The van der Waals surface area contributed by atoms with Crippen LogP contribution in [0.5, 0.6) is 0 Å². The molecule has 1 aliphatic heterocycles. The van der Waals surface area contributed by atoms with Gasteiger partial charge in [0.15, 0.2) is 0 Å². The van der Waals surface area contributed by atoms with Gasteiger partial charge >= 0.3 is 0 Å². The molecule has 1 fully saturated rings. The number of hydrogen-bond donors (Lipinski definition) is 1. The van der Waals surface area contributed by atoms with Crippen LogP contribution < -0.4 is 5.32 Å². The summed E-state index contributed by atoms with van der Waals surface area (Å²) in [6.07, 6.45) is 8.01. The Kier molecular flexibility index (Phi) is 3.63. The van der Waals surface area contributed by atoms with Crippen LogP contribution in [0.4, 0.5) is 0 Å². The molecule has 1 atom stereocenters. The summed E-state index contributed by atoms with van der Waals surface area (Å²) in [7, 11) is 0. The van der Waals surface area contributed by atoms with E-state index in [0.29, 0.717) is 5.41 Å². The highest BCUT2D eigenvalue weighted by molar-refractivity contribution is 4.96. The summed E-state index contributed by atoms with van der Waals surface area (Å²) >= 11 is 0. The second-order valence-corrected chi connectivity index (χ2v) is 6.57. The maximum absolute atomic E-state index is 4.45. The zero-order valence-electron chi connectivity index (χ0n) is 12.2. The molecule has 0 spiro atoms. The van der Waals surface area contributed by atoms with Gasteiger partial charge in [0.25, 0.3) is 0 Å². The molecule has 1 aliphatic carbocycles. The first-order chi connectivity index (χ1) is 9.18. The van der Waals surface area contributed by atoms with Crippen molar-refractivity contribution < 1.29 is 0 Å². The maximum atomic E-state index is 4.45. The van der Waals surface area contributed by atoms with Gasteiger partial charge in [0, 0.05) is 44.6 Å². The third kappa shape index (κ3) is 3.18. The predicted octanol–water partition coefficient (Wildman–Crippen LogP) is 1.87. The SMILES string of the molecule is CCC(C)(CNC1CC1)CN1CCn2ccnc2C1. The standard InChI is InChI=1S/C15H26N4/c1-3-15(2,11-17-13-4-5-13)12-18-8-9-19-7-6-16-14(19)10-18/h6-7,13,17H,3-5,8-12H2,1-2H3. The number of nitrogens with zero attached hydrogens (tertiary/aromatic N) is 3. The smallest absolute Gasteiger partial charge is 0.122 e. The topological polar surface area (TPSA) is 33.1 Å². The van der Waals surface area contributed by atoms with Gasteiger partial charge in [0.2, 0.25) is 0 Å². The molecular formula is C15H26N4. The number of nitrogens with one attached hydrogen (secondary N) is 1. The minimum atomic E-state index is 0.386. The van der Waals surface area contributed by atoms with Crippen LogP contribution in [0, 0.1) is 5.41 Å². The third-order valence-corrected chi connectivity index (χ3v) is 4.68. The summed E-state index contributed by atoms with van der Waals surface area (Å²) in [5.41, 5.74) is 0.386. The van der Waals surface area contributed by atoms with Gasteiger partial charge in [-0.3, -0.25) is 4.90 Å². The Hall–Kier alpha value is -0.870. The van der Waals surface area contributed by atoms with Crippen molar-refractivity contribution in [1.82, 2.24) is 19.8 Å². The van der Waals surface area contributed by atoms with Gasteiger partial charge in [-0.05, 0) is 24.7 Å². The molecule has 4 heteroatoms. The molecule has 1 aromatic heterocycles. The van der Waals surface area contributed by atoms with Crippen LogP contribution in [-0.2, 0) is 13.1 Å². The number of hydrogen-bond acceptors (Lipinski definition) is 3. The van der Waals surface area contributed by atoms with Crippen molar-refractivity contribution in [2.45, 2.75) is 52.2 Å². The predicted molar refractivity (Wildman–Crippen MR) is 76.9 cm³/mol. The Morgan fingerprint density at radius 2 is 2.26 bits per heavy atom. The van der Waals surface area contributed by atoms with Gasteiger partial charge in [0.1, 0.15) is 5.82 Å². The second kappa shape index (κ2) is 5.25. The van der Waals surface area contributed by atoms with Crippen molar-refractivity contribution in [2.75, 3.05) is 19.6 Å². The average molecular weight is 262 g/mol. The lowest BCUT2D eigenvalue weighted by Gasteiger charge is -2.37. The Labute approximate surface area is 116 Å². The molecule has 1 aromatic rings. The van der Waals surface area contributed by atoms with E-state index in [1.54, 1.807) is 0 Å². The summed E-state index contributed by atoms with van der Waals surface area (Å²) in [6, 6.07) is 0.811. The fourth-order valence-electron chi connectivity index (χ4n) is 2.87. The molecule has 0 bridgehead atoms. The lowest BCUT2D eigenvalue weighted by Crippen LogP contribution is -2.45. The molecule has 0 radical (unpaired) electrons. The normalized spacial score (nSPS) is 23.1. The van der Waals surface area contributed by atoms with E-state index >= 15 is 0 Å². The van der Waals surface area contributed by atoms with E-state index in [1.165, 1.54) is 31.6 Å². The molecule has 0 aromatic carbocycles. The molecule has 19 heavy (non-hydrogen) atoms. The lowest BCUT2D eigenvalue weighted by atomic mass is 9.86. The minimum Gasteiger partial charge on any atom is -0.333 e. The van der Waals surface area contributed by atoms with Crippen LogP contribution in [0.25, 0.3) is 0 Å². The van der Waals surface area contributed by atoms with Crippen molar-refractivity contribution in [3.8, 4) is 0 Å². The summed E-state index contributed by atoms with van der Waals surface area (Å²) in [6.45, 7) is 10.3. The molecule has 1 unspecified atom stereocenters. The van der Waals surface area contributed by atoms with Crippen molar-refractivity contribution in [2.24, 2.45) is 5.41 Å². The molecule has 0 amide bonds. The van der Waals surface area contributed by atoms with E-state index in [0.717, 1.165) is 32.2 Å². The van der Waals surface area contributed by atoms with Gasteiger partial charge in [-0.2, -0.15) is 0 Å². The Bertz CT molecular complexity index is 424. The minimum absolute atomic E-state index is 0.386. The van der Waals surface area contributed by atoms with Gasteiger partial charge in [-0.1, -0.05) is 13.8 Å². The van der Waals surface area contributed by atoms with Crippen LogP contribution in [0.2, 0.25) is 0 Å². The molecule has 1 N–H and O–H groups in total. The summed E-state index contributed by atoms with van der Waals surface area (Å²) < 4.78 is 2.28. The molecule has 3 rings (SSSR count). The molecule has 2 heterocycles. The van der Waals surface area contributed by atoms with Crippen LogP contribution in [0.1, 0.15) is 38.9 Å². The molecular weight excluding hydrogens is 236 g/mol. The molecule has 1 saturated carbocycles. The van der Waals surface area contributed by atoms with Crippen molar-refractivity contribution >= 4 is 0 Å². The largest absolute Gasteiger partial charge is 0.333 e. The summed E-state index contributed by atoms with van der Waals surface area (Å²) in [5, 5.41) is 3.70. The maximum Gasteiger partial charge on any atom is 0.122 e. The van der Waals surface area contributed by atoms with Crippen LogP contribution in [-0.4, -0.2) is 40.1 Å². The van der Waals surface area contributed by atoms with E-state index in [1.807, 2.05) is 6.20 Å². The van der Waals surface area contributed by atoms with Crippen molar-refractivity contribution in [3.05, 3.63) is 18.2 Å². The lowest BCUT2D eigenvalue weighted by molar-refractivity contribution is 0.127. The quantitative estimate of drug-likeness (QED) is 0.849. The molecule has 2 aliphatic rings. The fraction of sp³-hybridized carbons (Fsp3) is 0.800. The summed E-state index contributed by atoms with van der Waals surface area (Å²) in [5.74, 6) is 1.22. The molecule has 0 saturated heterocycles. The number of rotatable bonds is 6. The first kappa shape index (κ1) is 13.1. The number of fused-ring (bicyclic) bond motifs is 1. The Balaban J connectivity index is 1.56. The van der Waals surface area contributed by atoms with Gasteiger partial charge in [0.05, 0.1) is 6.54 Å². The van der Waals surface area contributed by atoms with Gasteiger partial charge in [-0.15, -0.1) is 0 Å². The first-order valence-electron chi connectivity index (χ1n) is 7.64. The zero-order valence-corrected chi connectivity index (χ0v) is 12.2. The van der Waals surface area contributed by atoms with Gasteiger partial charge in [-0.25, -0.2) is 4.98 Å². The van der Waals surface area contributed by atoms with Crippen LogP contribution in [0.3, 0.4) is 0 Å². The Morgan fingerprint density at radius 3 is 3.00 bits per heavy atom. The fourth-order valence-corrected chi connectivity index (χ4v) is 2.87. The van der Waals surface area contributed by atoms with Crippen molar-refractivity contribution in [1.29, 1.82) is 0 Å². The number of imidazole rings is 1. The van der Waals surface area contributed by atoms with Crippen LogP contribution in [0.15, 0.2) is 12.4 Å². The van der Waals surface area contributed by atoms with E-state index in [2.05, 4.69) is 39.8 Å². The average Bonchev–Trinajstić information content (AvgIpc) is 3.13. The first-order valence-corrected chi connectivity index (χ1v) is 7.64. The monoisotopic (exact) mass is 262 g/mol. The highest BCUT2D eigenvalue weighted by Crippen LogP contribution is 2.26. The highest BCUT2D eigenvalue weighted by Gasteiger charge is 2.30. The van der Waals surface area contributed by atoms with E-state index in [9.17, 15) is 0 Å². The molecule has 106 valence electrons. The van der Waals surface area contributed by atoms with E-state index < -0.39 is 0 Å². The zero-order chi connectivity index (χ0) is 13.3. The highest BCUT2D eigenvalue weighted by atomic mass is 15.2. The van der Waals surface area contributed by atoms with Crippen LogP contribution >= 0.6 is 0 Å². The Morgan fingerprint density at radius 1 is 1.42 bits per heavy atom. The second-order valence-electron chi connectivity index (χ2n) is 6.57. The summed E-state index contributed by atoms with van der Waals surface area (Å²) in [4.78, 5) is 7.02. The van der Waals surface area contributed by atoms with E-state index in [4.69, 9.17) is 0 Å².